The van der Waals surface area contributed by atoms with Crippen molar-refractivity contribution in [2.75, 3.05) is 11.4 Å². The van der Waals surface area contributed by atoms with Crippen molar-refractivity contribution in [3.8, 4) is 5.69 Å². The predicted octanol–water partition coefficient (Wildman–Crippen LogP) is 5.08. The first-order valence-corrected chi connectivity index (χ1v) is 10.2. The summed E-state index contributed by atoms with van der Waals surface area (Å²) in [7, 11) is 0. The molecule has 1 aromatic heterocycles. The van der Waals surface area contributed by atoms with Crippen LogP contribution in [0.1, 0.15) is 25.5 Å². The van der Waals surface area contributed by atoms with Crippen LogP contribution in [-0.4, -0.2) is 22.4 Å². The highest BCUT2D eigenvalue weighted by atomic mass is 19.1. The molecule has 2 N–H and O–H groups in total. The van der Waals surface area contributed by atoms with Crippen LogP contribution < -0.4 is 10.6 Å². The van der Waals surface area contributed by atoms with E-state index in [4.69, 9.17) is 5.73 Å². The number of hydrogen-bond donors (Lipinski definition) is 1. The predicted molar refractivity (Wildman–Crippen MR) is 119 cm³/mol. The third kappa shape index (κ3) is 3.06. The Hall–Kier alpha value is -3.18. The van der Waals surface area contributed by atoms with Gasteiger partial charge in [-0.1, -0.05) is 44.2 Å². The van der Waals surface area contributed by atoms with Gasteiger partial charge in [-0.05, 0) is 53.4 Å². The van der Waals surface area contributed by atoms with Crippen molar-refractivity contribution in [3.63, 3.8) is 0 Å². The molecule has 4 nitrogen and oxygen atoms in total. The zero-order valence-corrected chi connectivity index (χ0v) is 17.2. The third-order valence-corrected chi connectivity index (χ3v) is 6.25. The summed E-state index contributed by atoms with van der Waals surface area (Å²) >= 11 is 0. The molecule has 152 valence electrons. The lowest BCUT2D eigenvalue weighted by Gasteiger charge is -2.29. The molecule has 0 saturated carbocycles. The highest BCUT2D eigenvalue weighted by Crippen LogP contribution is 2.44. The molecule has 2 atom stereocenters. The summed E-state index contributed by atoms with van der Waals surface area (Å²) in [5.74, 6) is -0.252. The fourth-order valence-electron chi connectivity index (χ4n) is 4.54. The lowest BCUT2D eigenvalue weighted by atomic mass is 9.84. The number of benzene rings is 3. The Morgan fingerprint density at radius 2 is 1.67 bits per heavy atom. The van der Waals surface area contributed by atoms with Gasteiger partial charge in [0.25, 0.3) is 0 Å². The molecule has 0 radical (unpaired) electrons. The quantitative estimate of drug-likeness (QED) is 0.522. The van der Waals surface area contributed by atoms with E-state index in [9.17, 15) is 4.39 Å². The molecule has 1 aliphatic rings. The molecule has 3 aromatic carbocycles. The van der Waals surface area contributed by atoms with Gasteiger partial charge in [0.1, 0.15) is 5.82 Å². The van der Waals surface area contributed by atoms with E-state index in [2.05, 4.69) is 66.3 Å². The molecule has 0 amide bonds. The summed E-state index contributed by atoms with van der Waals surface area (Å²) in [5, 5.41) is 5.58. The van der Waals surface area contributed by atoms with Crippen LogP contribution in [-0.2, 0) is 0 Å². The van der Waals surface area contributed by atoms with Gasteiger partial charge in [-0.25, -0.2) is 9.07 Å². The average Bonchev–Trinajstić information content (AvgIpc) is 3.27. The van der Waals surface area contributed by atoms with Crippen LogP contribution >= 0.6 is 0 Å². The number of nitrogens with two attached hydrogens (primary N) is 1. The van der Waals surface area contributed by atoms with Crippen molar-refractivity contribution >= 4 is 16.6 Å². The minimum Gasteiger partial charge on any atom is -0.362 e. The van der Waals surface area contributed by atoms with Gasteiger partial charge < -0.3 is 10.6 Å². The maximum Gasteiger partial charge on any atom is 0.123 e. The van der Waals surface area contributed by atoms with E-state index in [-0.39, 0.29) is 23.3 Å². The summed E-state index contributed by atoms with van der Waals surface area (Å²) < 4.78 is 15.1. The number of nitrogens with zero attached hydrogens (tertiary/aromatic N) is 3. The number of hydrogen-bond acceptors (Lipinski definition) is 3. The van der Waals surface area contributed by atoms with E-state index in [1.165, 1.54) is 17.7 Å². The molecule has 1 aliphatic heterocycles. The average molecular weight is 401 g/mol. The topological polar surface area (TPSA) is 47.1 Å². The Kier molecular flexibility index (Phi) is 4.36. The second kappa shape index (κ2) is 6.96. The first-order valence-electron chi connectivity index (χ1n) is 10.2. The molecule has 5 heteroatoms. The van der Waals surface area contributed by atoms with Crippen LogP contribution in [0.4, 0.5) is 10.1 Å². The van der Waals surface area contributed by atoms with Gasteiger partial charge in [0.2, 0.25) is 0 Å². The Morgan fingerprint density at radius 3 is 2.40 bits per heavy atom. The second-order valence-electron chi connectivity index (χ2n) is 8.77. The molecule has 0 spiro atoms. The minimum atomic E-state index is -0.252. The van der Waals surface area contributed by atoms with Crippen molar-refractivity contribution in [1.29, 1.82) is 0 Å². The molecular weight excluding hydrogens is 375 g/mol. The van der Waals surface area contributed by atoms with Crippen LogP contribution in [0.5, 0.6) is 0 Å². The third-order valence-electron chi connectivity index (χ3n) is 6.25. The maximum absolute atomic E-state index is 13.3. The lowest BCUT2D eigenvalue weighted by Crippen LogP contribution is -2.37. The lowest BCUT2D eigenvalue weighted by molar-refractivity contribution is 0.343. The summed E-state index contributed by atoms with van der Waals surface area (Å²) in [6.45, 7) is 5.35. The Labute approximate surface area is 175 Å². The summed E-state index contributed by atoms with van der Waals surface area (Å²) in [5.41, 5.74) is 10.9. The highest BCUT2D eigenvalue weighted by Gasteiger charge is 2.45. The summed E-state index contributed by atoms with van der Waals surface area (Å²) in [6, 6.07) is 23.4. The standard InChI is InChI=1S/C25H25FN4/c1-25(2)16-29(23(24(25)27)17-6-4-3-5-7-17)21-12-13-22-18(14-21)15-28-30(22)20-10-8-19(26)9-11-20/h3-15,23-24H,16,27H2,1-2H3/t23-,24?/m1/s1. The normalized spacial score (nSPS) is 20.7. The van der Waals surface area contributed by atoms with Crippen LogP contribution in [0, 0.1) is 11.2 Å². The first-order chi connectivity index (χ1) is 14.4. The molecule has 30 heavy (non-hydrogen) atoms. The largest absolute Gasteiger partial charge is 0.362 e. The van der Waals surface area contributed by atoms with E-state index >= 15 is 0 Å². The van der Waals surface area contributed by atoms with Gasteiger partial charge in [-0.15, -0.1) is 0 Å². The second-order valence-corrected chi connectivity index (χ2v) is 8.77. The number of halogens is 1. The van der Waals surface area contributed by atoms with Gasteiger partial charge in [0, 0.05) is 23.7 Å². The Bertz CT molecular complexity index is 1180. The van der Waals surface area contributed by atoms with Gasteiger partial charge >= 0.3 is 0 Å². The number of rotatable bonds is 3. The molecule has 4 aromatic rings. The smallest absolute Gasteiger partial charge is 0.123 e. The fraction of sp³-hybridized carbons (Fsp3) is 0.240. The van der Waals surface area contributed by atoms with Crippen LogP contribution in [0.3, 0.4) is 0 Å². The van der Waals surface area contributed by atoms with Crippen molar-refractivity contribution in [2.24, 2.45) is 11.1 Å². The van der Waals surface area contributed by atoms with Crippen molar-refractivity contribution in [3.05, 3.63) is 90.4 Å². The molecular formula is C25H25FN4. The SMILES string of the molecule is CC1(C)CN(c2ccc3c(cnn3-c3ccc(F)cc3)c2)[C@H](c2ccccc2)C1N. The molecule has 1 saturated heterocycles. The van der Waals surface area contributed by atoms with Gasteiger partial charge in [-0.2, -0.15) is 5.10 Å². The molecule has 1 fully saturated rings. The minimum absolute atomic E-state index is 0.00619. The summed E-state index contributed by atoms with van der Waals surface area (Å²) in [4.78, 5) is 2.41. The highest BCUT2D eigenvalue weighted by molar-refractivity contribution is 5.84. The van der Waals surface area contributed by atoms with Crippen molar-refractivity contribution in [1.82, 2.24) is 9.78 Å². The Morgan fingerprint density at radius 1 is 0.967 bits per heavy atom. The number of anilines is 1. The molecule has 0 aliphatic carbocycles. The number of fused-ring (bicyclic) bond motifs is 1. The first kappa shape index (κ1) is 18.8. The van der Waals surface area contributed by atoms with Gasteiger partial charge in [0.15, 0.2) is 0 Å². The summed E-state index contributed by atoms with van der Waals surface area (Å²) in [6.07, 6.45) is 1.86. The molecule has 5 rings (SSSR count). The van der Waals surface area contributed by atoms with E-state index in [0.717, 1.165) is 28.8 Å². The monoisotopic (exact) mass is 400 g/mol. The molecule has 2 heterocycles. The molecule has 1 unspecified atom stereocenters. The maximum atomic E-state index is 13.3. The number of aromatic nitrogens is 2. The van der Waals surface area contributed by atoms with E-state index in [1.807, 2.05) is 16.9 Å². The fourth-order valence-corrected chi connectivity index (χ4v) is 4.54. The zero-order chi connectivity index (χ0) is 20.9. The van der Waals surface area contributed by atoms with Crippen molar-refractivity contribution in [2.45, 2.75) is 25.9 Å². The van der Waals surface area contributed by atoms with Crippen molar-refractivity contribution < 1.29 is 4.39 Å². The van der Waals surface area contributed by atoms with E-state index in [0.29, 0.717) is 0 Å². The van der Waals surface area contributed by atoms with E-state index < -0.39 is 0 Å². The van der Waals surface area contributed by atoms with Gasteiger partial charge in [-0.3, -0.25) is 0 Å². The van der Waals surface area contributed by atoms with Crippen LogP contribution in [0.15, 0.2) is 79.0 Å². The molecule has 0 bridgehead atoms. The van der Waals surface area contributed by atoms with Crippen LogP contribution in [0.2, 0.25) is 0 Å². The Balaban J connectivity index is 1.56. The van der Waals surface area contributed by atoms with Gasteiger partial charge in [0.05, 0.1) is 23.4 Å². The van der Waals surface area contributed by atoms with Crippen LogP contribution in [0.25, 0.3) is 16.6 Å². The van der Waals surface area contributed by atoms with E-state index in [1.54, 1.807) is 12.1 Å². The zero-order valence-electron chi connectivity index (χ0n) is 17.2.